The molecule has 0 heterocycles. The lowest BCUT2D eigenvalue weighted by molar-refractivity contribution is -0.163. The lowest BCUT2D eigenvalue weighted by Gasteiger charge is -2.32. The van der Waals surface area contributed by atoms with Crippen molar-refractivity contribution < 1.29 is 14.3 Å². The fourth-order valence-electron chi connectivity index (χ4n) is 2.71. The molecule has 20 heavy (non-hydrogen) atoms. The lowest BCUT2D eigenvalue weighted by atomic mass is 9.71. The van der Waals surface area contributed by atoms with Gasteiger partial charge in [-0.3, -0.25) is 9.59 Å². The van der Waals surface area contributed by atoms with Crippen molar-refractivity contribution in [3.63, 3.8) is 0 Å². The van der Waals surface area contributed by atoms with Crippen molar-refractivity contribution in [2.24, 2.45) is 5.41 Å². The Balaban J connectivity index is 2.07. The minimum Gasteiger partial charge on any atom is -0.460 e. The van der Waals surface area contributed by atoms with Crippen LogP contribution < -0.4 is 0 Å². The molecule has 3 heteroatoms. The van der Waals surface area contributed by atoms with Gasteiger partial charge in [-0.1, -0.05) is 42.8 Å². The molecular formula is C17H20O3. The quantitative estimate of drug-likeness (QED) is 0.468. The van der Waals surface area contributed by atoms with Gasteiger partial charge in [-0.05, 0) is 24.8 Å². The Kier molecular flexibility index (Phi) is 4.72. The van der Waals surface area contributed by atoms with Crippen LogP contribution in [-0.2, 0) is 20.9 Å². The topological polar surface area (TPSA) is 43.4 Å². The zero-order valence-corrected chi connectivity index (χ0v) is 11.6. The second kappa shape index (κ2) is 6.51. The highest BCUT2D eigenvalue weighted by Crippen LogP contribution is 2.38. The normalized spacial score (nSPS) is 22.3. The van der Waals surface area contributed by atoms with Crippen molar-refractivity contribution in [2.75, 3.05) is 0 Å². The molecule has 1 saturated carbocycles. The molecule has 0 unspecified atom stereocenters. The number of ketones is 1. The predicted octanol–water partition coefficient (Wildman–Crippen LogP) is 3.44. The van der Waals surface area contributed by atoms with Crippen molar-refractivity contribution in [3.8, 4) is 0 Å². The van der Waals surface area contributed by atoms with Gasteiger partial charge in [-0.2, -0.15) is 0 Å². The van der Waals surface area contributed by atoms with Crippen LogP contribution in [0.15, 0.2) is 43.0 Å². The summed E-state index contributed by atoms with van der Waals surface area (Å²) >= 11 is 0. The molecule has 1 atom stereocenters. The molecule has 1 aromatic carbocycles. The molecular weight excluding hydrogens is 252 g/mol. The number of hydrogen-bond acceptors (Lipinski definition) is 3. The van der Waals surface area contributed by atoms with E-state index >= 15 is 0 Å². The zero-order chi connectivity index (χ0) is 14.4. The molecule has 0 N–H and O–H groups in total. The summed E-state index contributed by atoms with van der Waals surface area (Å²) in [4.78, 5) is 24.6. The molecule has 0 spiro atoms. The van der Waals surface area contributed by atoms with Crippen molar-refractivity contribution in [1.29, 1.82) is 0 Å². The van der Waals surface area contributed by atoms with Gasteiger partial charge in [0.2, 0.25) is 0 Å². The molecule has 3 nitrogen and oxygen atoms in total. The summed E-state index contributed by atoms with van der Waals surface area (Å²) in [6, 6.07) is 9.50. The van der Waals surface area contributed by atoms with E-state index in [2.05, 4.69) is 6.58 Å². The highest BCUT2D eigenvalue weighted by Gasteiger charge is 2.46. The van der Waals surface area contributed by atoms with Crippen LogP contribution in [0.1, 0.15) is 37.7 Å². The molecule has 0 saturated heterocycles. The van der Waals surface area contributed by atoms with Crippen LogP contribution >= 0.6 is 0 Å². The van der Waals surface area contributed by atoms with Crippen LogP contribution in [0.3, 0.4) is 0 Å². The maximum Gasteiger partial charge on any atom is 0.320 e. The molecule has 0 amide bonds. The molecule has 0 radical (unpaired) electrons. The Morgan fingerprint density at radius 1 is 1.30 bits per heavy atom. The molecule has 1 fully saturated rings. The second-order valence-electron chi connectivity index (χ2n) is 5.27. The van der Waals surface area contributed by atoms with Crippen LogP contribution in [-0.4, -0.2) is 11.8 Å². The summed E-state index contributed by atoms with van der Waals surface area (Å²) in [5.74, 6) is -0.396. The summed E-state index contributed by atoms with van der Waals surface area (Å²) in [5.41, 5.74) is -0.0627. The Morgan fingerprint density at radius 2 is 2.05 bits per heavy atom. The molecule has 0 aromatic heterocycles. The van der Waals surface area contributed by atoms with Crippen LogP contribution in [0.25, 0.3) is 0 Å². The van der Waals surface area contributed by atoms with Crippen molar-refractivity contribution in [1.82, 2.24) is 0 Å². The maximum absolute atomic E-state index is 12.4. The number of ether oxygens (including phenoxy) is 1. The number of carbonyl (C=O) groups excluding carboxylic acids is 2. The van der Waals surface area contributed by atoms with Gasteiger partial charge < -0.3 is 4.74 Å². The fourth-order valence-corrected chi connectivity index (χ4v) is 2.71. The number of hydrogen-bond donors (Lipinski definition) is 0. The summed E-state index contributed by atoms with van der Waals surface area (Å²) < 4.78 is 5.39. The predicted molar refractivity (Wildman–Crippen MR) is 77.0 cm³/mol. The van der Waals surface area contributed by atoms with E-state index in [1.54, 1.807) is 6.08 Å². The molecule has 0 aliphatic heterocycles. The van der Waals surface area contributed by atoms with Crippen LogP contribution in [0.4, 0.5) is 0 Å². The largest absolute Gasteiger partial charge is 0.460 e. The monoisotopic (exact) mass is 272 g/mol. The third-order valence-corrected chi connectivity index (χ3v) is 3.89. The first-order valence-corrected chi connectivity index (χ1v) is 7.04. The Morgan fingerprint density at radius 3 is 2.70 bits per heavy atom. The van der Waals surface area contributed by atoms with Crippen molar-refractivity contribution >= 4 is 11.8 Å². The van der Waals surface area contributed by atoms with E-state index in [0.29, 0.717) is 19.3 Å². The number of esters is 1. The zero-order valence-electron chi connectivity index (χ0n) is 11.6. The average molecular weight is 272 g/mol. The van der Waals surface area contributed by atoms with Crippen molar-refractivity contribution in [3.05, 3.63) is 48.6 Å². The van der Waals surface area contributed by atoms with E-state index in [1.807, 2.05) is 30.3 Å². The molecule has 106 valence electrons. The van der Waals surface area contributed by atoms with E-state index in [9.17, 15) is 9.59 Å². The molecule has 1 aromatic rings. The van der Waals surface area contributed by atoms with E-state index < -0.39 is 11.4 Å². The van der Waals surface area contributed by atoms with E-state index in [0.717, 1.165) is 18.4 Å². The number of benzene rings is 1. The second-order valence-corrected chi connectivity index (χ2v) is 5.27. The Labute approximate surface area is 119 Å². The molecule has 1 aliphatic rings. The average Bonchev–Trinajstić information content (AvgIpc) is 2.48. The van der Waals surface area contributed by atoms with Gasteiger partial charge in [-0.25, -0.2) is 0 Å². The minimum atomic E-state index is -0.991. The Bertz CT molecular complexity index is 492. The van der Waals surface area contributed by atoms with Crippen LogP contribution in [0.2, 0.25) is 0 Å². The summed E-state index contributed by atoms with van der Waals surface area (Å²) in [6.07, 6.45) is 4.82. The summed E-state index contributed by atoms with van der Waals surface area (Å²) in [7, 11) is 0. The first-order chi connectivity index (χ1) is 9.69. The van der Waals surface area contributed by atoms with E-state index in [4.69, 9.17) is 4.74 Å². The van der Waals surface area contributed by atoms with Gasteiger partial charge in [0, 0.05) is 6.42 Å². The molecule has 2 rings (SSSR count). The number of carbonyl (C=O) groups is 2. The number of rotatable bonds is 5. The van der Waals surface area contributed by atoms with E-state index in [-0.39, 0.29) is 12.4 Å². The first kappa shape index (κ1) is 14.5. The van der Waals surface area contributed by atoms with Crippen LogP contribution in [0.5, 0.6) is 0 Å². The van der Waals surface area contributed by atoms with Gasteiger partial charge in [0.25, 0.3) is 0 Å². The smallest absolute Gasteiger partial charge is 0.320 e. The highest BCUT2D eigenvalue weighted by molar-refractivity contribution is 6.04. The fraction of sp³-hybridized carbons (Fsp3) is 0.412. The van der Waals surface area contributed by atoms with Gasteiger partial charge in [0.15, 0.2) is 0 Å². The standard InChI is InChI=1S/C17H20O3/c1-2-11-17(12-7-6-10-15(17)18)16(19)20-13-14-8-4-3-5-9-14/h2-5,8-9H,1,6-7,10-13H2/t17-/m1/s1. The van der Waals surface area contributed by atoms with Crippen LogP contribution in [0, 0.1) is 5.41 Å². The molecule has 1 aliphatic carbocycles. The minimum absolute atomic E-state index is 0.00158. The SMILES string of the molecule is C=CC[C@@]1(C(=O)OCc2ccccc2)CCCCC1=O. The van der Waals surface area contributed by atoms with Gasteiger partial charge in [0.1, 0.15) is 17.8 Å². The first-order valence-electron chi connectivity index (χ1n) is 7.04. The van der Waals surface area contributed by atoms with Gasteiger partial charge in [0.05, 0.1) is 0 Å². The summed E-state index contributed by atoms with van der Waals surface area (Å²) in [5, 5.41) is 0. The summed E-state index contributed by atoms with van der Waals surface area (Å²) in [6.45, 7) is 3.89. The number of Topliss-reactive ketones (excluding diaryl/α,β-unsaturated/α-hetero) is 1. The molecule has 0 bridgehead atoms. The third-order valence-electron chi connectivity index (χ3n) is 3.89. The highest BCUT2D eigenvalue weighted by atomic mass is 16.5. The van der Waals surface area contributed by atoms with Gasteiger partial charge in [-0.15, -0.1) is 6.58 Å². The lowest BCUT2D eigenvalue weighted by Crippen LogP contribution is -2.42. The third kappa shape index (κ3) is 2.98. The van der Waals surface area contributed by atoms with E-state index in [1.165, 1.54) is 0 Å². The van der Waals surface area contributed by atoms with Gasteiger partial charge >= 0.3 is 5.97 Å². The van der Waals surface area contributed by atoms with Crippen molar-refractivity contribution in [2.45, 2.75) is 38.7 Å². The number of allylic oxidation sites excluding steroid dienone is 1. The maximum atomic E-state index is 12.4. The Hall–Kier alpha value is -1.90.